The maximum absolute atomic E-state index is 4.22. The average molecular weight is 430 g/mol. The lowest BCUT2D eigenvalue weighted by molar-refractivity contribution is 0.0974. The molecule has 0 bridgehead atoms. The summed E-state index contributed by atoms with van der Waals surface area (Å²) in [6.07, 6.45) is 12.4. The van der Waals surface area contributed by atoms with Gasteiger partial charge in [-0.25, -0.2) is 0 Å². The Labute approximate surface area is 194 Å². The van der Waals surface area contributed by atoms with E-state index >= 15 is 0 Å². The quantitative estimate of drug-likeness (QED) is 0.543. The highest BCUT2D eigenvalue weighted by atomic mass is 15.2. The van der Waals surface area contributed by atoms with E-state index in [1.54, 1.807) is 0 Å². The first-order valence-electron chi connectivity index (χ1n) is 12.5. The van der Waals surface area contributed by atoms with Gasteiger partial charge in [-0.1, -0.05) is 79.7 Å². The highest BCUT2D eigenvalue weighted by Crippen LogP contribution is 2.20. The summed E-state index contributed by atoms with van der Waals surface area (Å²) < 4.78 is 0. The van der Waals surface area contributed by atoms with Crippen LogP contribution >= 0.6 is 0 Å². The van der Waals surface area contributed by atoms with E-state index in [0.717, 1.165) is 36.8 Å². The zero-order valence-corrected chi connectivity index (χ0v) is 19.5. The van der Waals surface area contributed by atoms with Gasteiger partial charge in [-0.05, 0) is 75.0 Å². The van der Waals surface area contributed by atoms with Gasteiger partial charge in [0.1, 0.15) is 0 Å². The van der Waals surface area contributed by atoms with Crippen molar-refractivity contribution in [2.45, 2.75) is 44.6 Å². The maximum Gasteiger partial charge on any atom is 0.0343 e. The van der Waals surface area contributed by atoms with E-state index in [9.17, 15) is 0 Å². The molecule has 2 fully saturated rings. The molecule has 0 atom stereocenters. The van der Waals surface area contributed by atoms with Gasteiger partial charge in [0.15, 0.2) is 0 Å². The van der Waals surface area contributed by atoms with E-state index in [-0.39, 0.29) is 0 Å². The van der Waals surface area contributed by atoms with Crippen molar-refractivity contribution in [3.8, 4) is 0 Å². The van der Waals surface area contributed by atoms with Crippen LogP contribution in [0.5, 0.6) is 0 Å². The molecule has 170 valence electrons. The number of nitrogens with zero attached hydrogens (tertiary/aromatic N) is 2. The molecule has 3 heteroatoms. The van der Waals surface area contributed by atoms with Crippen LogP contribution in [0.4, 0.5) is 0 Å². The van der Waals surface area contributed by atoms with E-state index in [2.05, 4.69) is 88.4 Å². The van der Waals surface area contributed by atoms with Crippen molar-refractivity contribution in [1.29, 1.82) is 0 Å². The van der Waals surface area contributed by atoms with Crippen LogP contribution in [0.2, 0.25) is 0 Å². The van der Waals surface area contributed by atoms with Crippen molar-refractivity contribution in [3.05, 3.63) is 90.0 Å². The van der Waals surface area contributed by atoms with Crippen LogP contribution in [0.1, 0.15) is 48.8 Å². The van der Waals surface area contributed by atoms with Gasteiger partial charge in [-0.3, -0.25) is 4.90 Å². The highest BCUT2D eigenvalue weighted by molar-refractivity contribution is 5.62. The van der Waals surface area contributed by atoms with E-state index in [0.29, 0.717) is 0 Å². The SMILES string of the molecule is C=C(NC/C=C/CN1CCC(N2CCCCC2)CC1)c1ccc(Cc2ccccc2)cc1. The molecule has 0 aromatic heterocycles. The minimum atomic E-state index is 0.828. The molecule has 3 nitrogen and oxygen atoms in total. The van der Waals surface area contributed by atoms with Gasteiger partial charge in [0.25, 0.3) is 0 Å². The number of nitrogens with one attached hydrogen (secondary N) is 1. The van der Waals surface area contributed by atoms with Crippen LogP contribution in [0.25, 0.3) is 5.70 Å². The summed E-state index contributed by atoms with van der Waals surface area (Å²) >= 11 is 0. The molecule has 0 aliphatic carbocycles. The Morgan fingerprint density at radius 3 is 2.25 bits per heavy atom. The first kappa shape index (κ1) is 22.8. The highest BCUT2D eigenvalue weighted by Gasteiger charge is 2.24. The molecule has 0 spiro atoms. The third-order valence-corrected chi connectivity index (χ3v) is 6.98. The molecule has 0 unspecified atom stereocenters. The van der Waals surface area contributed by atoms with Gasteiger partial charge >= 0.3 is 0 Å². The fourth-order valence-electron chi connectivity index (χ4n) is 5.00. The van der Waals surface area contributed by atoms with E-state index in [1.807, 2.05) is 0 Å². The maximum atomic E-state index is 4.22. The molecule has 2 aromatic carbocycles. The Kier molecular flexibility index (Phi) is 8.58. The Hall–Kier alpha value is -2.36. The van der Waals surface area contributed by atoms with Crippen molar-refractivity contribution >= 4 is 5.70 Å². The fourth-order valence-corrected chi connectivity index (χ4v) is 5.00. The standard InChI is InChI=1S/C29H39N3/c1-25(28-14-12-27(13-15-28)24-26-10-4-2-5-11-26)30-18-6-9-19-31-22-16-29(17-23-31)32-20-7-3-8-21-32/h2,4-6,9-15,29-30H,1,3,7-8,16-24H2/b9-6+. The van der Waals surface area contributed by atoms with Gasteiger partial charge in [-0.15, -0.1) is 0 Å². The minimum Gasteiger partial charge on any atom is -0.382 e. The first-order valence-corrected chi connectivity index (χ1v) is 12.5. The Bertz CT molecular complexity index is 842. The van der Waals surface area contributed by atoms with E-state index < -0.39 is 0 Å². The summed E-state index contributed by atoms with van der Waals surface area (Å²) in [6.45, 7) is 11.2. The van der Waals surface area contributed by atoms with Crippen molar-refractivity contribution < 1.29 is 0 Å². The molecule has 2 heterocycles. The Morgan fingerprint density at radius 1 is 0.844 bits per heavy atom. The fraction of sp³-hybridized carbons (Fsp3) is 0.448. The average Bonchev–Trinajstić information content (AvgIpc) is 2.86. The molecular weight excluding hydrogens is 390 g/mol. The molecule has 32 heavy (non-hydrogen) atoms. The number of piperidine rings is 2. The largest absolute Gasteiger partial charge is 0.382 e. The number of rotatable bonds is 9. The zero-order chi connectivity index (χ0) is 22.0. The second-order valence-corrected chi connectivity index (χ2v) is 9.32. The Morgan fingerprint density at radius 2 is 1.53 bits per heavy atom. The number of benzene rings is 2. The number of likely N-dealkylation sites (tertiary alicyclic amines) is 2. The summed E-state index contributed by atoms with van der Waals surface area (Å²) in [6, 6.07) is 20.2. The lowest BCUT2D eigenvalue weighted by Crippen LogP contribution is -2.46. The predicted octanol–water partition coefficient (Wildman–Crippen LogP) is 5.34. The molecule has 4 rings (SSSR count). The molecule has 1 N–H and O–H groups in total. The summed E-state index contributed by atoms with van der Waals surface area (Å²) in [4.78, 5) is 5.34. The molecule has 0 saturated carbocycles. The minimum absolute atomic E-state index is 0.828. The van der Waals surface area contributed by atoms with Gasteiger partial charge < -0.3 is 10.2 Å². The summed E-state index contributed by atoms with van der Waals surface area (Å²) in [5, 5.41) is 3.45. The lowest BCUT2D eigenvalue weighted by atomic mass is 10.00. The molecule has 2 aromatic rings. The van der Waals surface area contributed by atoms with Crippen molar-refractivity contribution in [1.82, 2.24) is 15.1 Å². The van der Waals surface area contributed by atoms with Crippen molar-refractivity contribution in [2.75, 3.05) is 39.3 Å². The van der Waals surface area contributed by atoms with Crippen molar-refractivity contribution in [3.63, 3.8) is 0 Å². The van der Waals surface area contributed by atoms with Crippen LogP contribution < -0.4 is 5.32 Å². The molecule has 2 saturated heterocycles. The third kappa shape index (κ3) is 6.82. The molecule has 2 aliphatic rings. The van der Waals surface area contributed by atoms with Gasteiger partial charge in [0, 0.05) is 24.8 Å². The molecular formula is C29H39N3. The van der Waals surface area contributed by atoms with Gasteiger partial charge in [0.2, 0.25) is 0 Å². The third-order valence-electron chi connectivity index (χ3n) is 6.98. The summed E-state index contributed by atoms with van der Waals surface area (Å²) in [5.41, 5.74) is 4.83. The van der Waals surface area contributed by atoms with Crippen LogP contribution in [0, 0.1) is 0 Å². The monoisotopic (exact) mass is 429 g/mol. The van der Waals surface area contributed by atoms with Crippen LogP contribution in [0.3, 0.4) is 0 Å². The zero-order valence-electron chi connectivity index (χ0n) is 19.5. The second-order valence-electron chi connectivity index (χ2n) is 9.32. The van der Waals surface area contributed by atoms with Crippen LogP contribution in [0.15, 0.2) is 73.3 Å². The second kappa shape index (κ2) is 12.0. The van der Waals surface area contributed by atoms with Crippen LogP contribution in [-0.2, 0) is 6.42 Å². The molecule has 0 radical (unpaired) electrons. The normalized spacial score (nSPS) is 18.8. The van der Waals surface area contributed by atoms with E-state index in [4.69, 9.17) is 0 Å². The smallest absolute Gasteiger partial charge is 0.0343 e. The molecule has 2 aliphatic heterocycles. The number of hydrogen-bond donors (Lipinski definition) is 1. The summed E-state index contributed by atoms with van der Waals surface area (Å²) in [7, 11) is 0. The van der Waals surface area contributed by atoms with Gasteiger partial charge in [0.05, 0.1) is 0 Å². The van der Waals surface area contributed by atoms with Gasteiger partial charge in [-0.2, -0.15) is 0 Å². The topological polar surface area (TPSA) is 18.5 Å². The predicted molar refractivity (Wildman–Crippen MR) is 137 cm³/mol. The van der Waals surface area contributed by atoms with Crippen LogP contribution in [-0.4, -0.2) is 55.1 Å². The van der Waals surface area contributed by atoms with Crippen molar-refractivity contribution in [2.24, 2.45) is 0 Å². The number of hydrogen-bond acceptors (Lipinski definition) is 3. The summed E-state index contributed by atoms with van der Waals surface area (Å²) in [5.74, 6) is 0. The lowest BCUT2D eigenvalue weighted by Gasteiger charge is -2.40. The van der Waals surface area contributed by atoms with E-state index in [1.165, 1.54) is 69.4 Å². The first-order chi connectivity index (χ1) is 15.8. The molecule has 0 amide bonds. The Balaban J connectivity index is 1.13.